The van der Waals surface area contributed by atoms with Crippen LogP contribution >= 0.6 is 24.2 Å². The second-order valence-electron chi connectivity index (χ2n) is 4.94. The van der Waals surface area contributed by atoms with Crippen LogP contribution in [0.5, 0.6) is 0 Å². The maximum atomic E-state index is 13.4. The number of carbonyl (C=O) groups is 1. The second kappa shape index (κ2) is 10.0. The van der Waals surface area contributed by atoms with E-state index in [0.717, 1.165) is 37.1 Å². The van der Waals surface area contributed by atoms with E-state index in [1.54, 1.807) is 23.9 Å². The lowest BCUT2D eigenvalue weighted by atomic mass is 10.0. The van der Waals surface area contributed by atoms with Crippen LogP contribution in [0.3, 0.4) is 0 Å². The first-order chi connectivity index (χ1) is 9.77. The van der Waals surface area contributed by atoms with Gasteiger partial charge in [0, 0.05) is 18.1 Å². The SMILES string of the molecule is Cl.O=C(NCCSCc1ccccc1F)C1CCCCN1. The topological polar surface area (TPSA) is 41.1 Å². The molecule has 118 valence electrons. The van der Waals surface area contributed by atoms with Crippen molar-refractivity contribution in [2.24, 2.45) is 0 Å². The molecule has 1 unspecified atom stereocenters. The summed E-state index contributed by atoms with van der Waals surface area (Å²) in [5.74, 6) is 1.38. The van der Waals surface area contributed by atoms with Crippen LogP contribution < -0.4 is 10.6 Å². The van der Waals surface area contributed by atoms with Crippen molar-refractivity contribution in [3.8, 4) is 0 Å². The zero-order valence-electron chi connectivity index (χ0n) is 11.9. The Labute approximate surface area is 135 Å². The summed E-state index contributed by atoms with van der Waals surface area (Å²) in [6.45, 7) is 1.57. The molecule has 3 nitrogen and oxygen atoms in total. The largest absolute Gasteiger partial charge is 0.354 e. The number of carbonyl (C=O) groups excluding carboxylic acids is 1. The summed E-state index contributed by atoms with van der Waals surface area (Å²) < 4.78 is 13.4. The molecular formula is C15H22ClFN2OS. The van der Waals surface area contributed by atoms with Crippen LogP contribution in [-0.2, 0) is 10.5 Å². The van der Waals surface area contributed by atoms with E-state index in [1.165, 1.54) is 6.07 Å². The Balaban J connectivity index is 0.00000220. The molecule has 0 aliphatic carbocycles. The number of hydrogen-bond acceptors (Lipinski definition) is 3. The fourth-order valence-corrected chi connectivity index (χ4v) is 3.09. The first-order valence-corrected chi connectivity index (χ1v) is 8.25. The van der Waals surface area contributed by atoms with Gasteiger partial charge in [0.1, 0.15) is 5.82 Å². The summed E-state index contributed by atoms with van der Waals surface area (Å²) in [4.78, 5) is 11.8. The highest BCUT2D eigenvalue weighted by molar-refractivity contribution is 7.98. The lowest BCUT2D eigenvalue weighted by Crippen LogP contribution is -2.47. The van der Waals surface area contributed by atoms with Gasteiger partial charge in [-0.05, 0) is 31.0 Å². The standard InChI is InChI=1S/C15H21FN2OS.ClH/c16-13-6-2-1-5-12(13)11-20-10-9-18-15(19)14-7-3-4-8-17-14;/h1-2,5-6,14,17H,3-4,7-11H2,(H,18,19);1H. The van der Waals surface area contributed by atoms with E-state index in [9.17, 15) is 9.18 Å². The minimum absolute atomic E-state index is 0. The van der Waals surface area contributed by atoms with Gasteiger partial charge in [0.2, 0.25) is 5.91 Å². The van der Waals surface area contributed by atoms with Crippen molar-refractivity contribution in [3.05, 3.63) is 35.6 Å². The van der Waals surface area contributed by atoms with Gasteiger partial charge in [-0.15, -0.1) is 12.4 Å². The molecule has 1 atom stereocenters. The van der Waals surface area contributed by atoms with Crippen LogP contribution in [0.25, 0.3) is 0 Å². The average molecular weight is 333 g/mol. The maximum absolute atomic E-state index is 13.4. The van der Waals surface area contributed by atoms with Crippen LogP contribution in [0.15, 0.2) is 24.3 Å². The molecule has 1 aromatic carbocycles. The predicted octanol–water partition coefficient (Wildman–Crippen LogP) is 2.74. The zero-order chi connectivity index (χ0) is 14.2. The highest BCUT2D eigenvalue weighted by Crippen LogP contribution is 2.14. The minimum Gasteiger partial charge on any atom is -0.354 e. The van der Waals surface area contributed by atoms with Gasteiger partial charge in [-0.2, -0.15) is 11.8 Å². The fraction of sp³-hybridized carbons (Fsp3) is 0.533. The molecule has 2 N–H and O–H groups in total. The van der Waals surface area contributed by atoms with Crippen molar-refractivity contribution in [3.63, 3.8) is 0 Å². The predicted molar refractivity (Wildman–Crippen MR) is 88.5 cm³/mol. The summed E-state index contributed by atoms with van der Waals surface area (Å²) in [6, 6.07) is 6.79. The average Bonchev–Trinajstić information content (AvgIpc) is 2.49. The third kappa shape index (κ3) is 6.24. The van der Waals surface area contributed by atoms with Crippen molar-refractivity contribution < 1.29 is 9.18 Å². The molecule has 1 aliphatic heterocycles. The lowest BCUT2D eigenvalue weighted by molar-refractivity contribution is -0.123. The van der Waals surface area contributed by atoms with Gasteiger partial charge >= 0.3 is 0 Å². The van der Waals surface area contributed by atoms with Crippen molar-refractivity contribution in [1.29, 1.82) is 0 Å². The van der Waals surface area contributed by atoms with Crippen molar-refractivity contribution >= 4 is 30.1 Å². The van der Waals surface area contributed by atoms with E-state index in [-0.39, 0.29) is 30.2 Å². The molecule has 1 saturated heterocycles. The molecular weight excluding hydrogens is 311 g/mol. The van der Waals surface area contributed by atoms with E-state index in [4.69, 9.17) is 0 Å². The third-order valence-corrected chi connectivity index (χ3v) is 4.40. The molecule has 0 spiro atoms. The van der Waals surface area contributed by atoms with Crippen LogP contribution in [-0.4, -0.2) is 30.8 Å². The Kier molecular flexibility index (Phi) is 8.73. The number of piperidine rings is 1. The lowest BCUT2D eigenvalue weighted by Gasteiger charge is -2.22. The quantitative estimate of drug-likeness (QED) is 0.787. The summed E-state index contributed by atoms with van der Waals surface area (Å²) in [5.41, 5.74) is 0.720. The first-order valence-electron chi connectivity index (χ1n) is 7.09. The summed E-state index contributed by atoms with van der Waals surface area (Å²) in [5, 5.41) is 6.16. The van der Waals surface area contributed by atoms with Crippen LogP contribution in [0, 0.1) is 5.82 Å². The molecule has 1 heterocycles. The molecule has 0 radical (unpaired) electrons. The van der Waals surface area contributed by atoms with Crippen LogP contribution in [0.2, 0.25) is 0 Å². The van der Waals surface area contributed by atoms with E-state index >= 15 is 0 Å². The van der Waals surface area contributed by atoms with E-state index in [0.29, 0.717) is 12.3 Å². The Morgan fingerprint density at radius 1 is 1.38 bits per heavy atom. The highest BCUT2D eigenvalue weighted by atomic mass is 35.5. The summed E-state index contributed by atoms with van der Waals surface area (Å²) >= 11 is 1.63. The normalized spacial score (nSPS) is 17.9. The van der Waals surface area contributed by atoms with Gasteiger partial charge in [-0.25, -0.2) is 4.39 Å². The number of hydrogen-bond donors (Lipinski definition) is 2. The summed E-state index contributed by atoms with van der Waals surface area (Å²) in [6.07, 6.45) is 3.20. The Hall–Kier alpha value is -0.780. The number of rotatable bonds is 6. The second-order valence-corrected chi connectivity index (χ2v) is 6.04. The van der Waals surface area contributed by atoms with Crippen molar-refractivity contribution in [2.45, 2.75) is 31.1 Å². The van der Waals surface area contributed by atoms with Gasteiger partial charge in [0.05, 0.1) is 6.04 Å². The van der Waals surface area contributed by atoms with Crippen molar-refractivity contribution in [1.82, 2.24) is 10.6 Å². The third-order valence-electron chi connectivity index (χ3n) is 3.39. The molecule has 0 bridgehead atoms. The molecule has 1 fully saturated rings. The van der Waals surface area contributed by atoms with Gasteiger partial charge in [0.25, 0.3) is 0 Å². The molecule has 1 aliphatic rings. The number of benzene rings is 1. The summed E-state index contributed by atoms with van der Waals surface area (Å²) in [7, 11) is 0. The van der Waals surface area contributed by atoms with Crippen molar-refractivity contribution in [2.75, 3.05) is 18.8 Å². The van der Waals surface area contributed by atoms with Gasteiger partial charge in [0.15, 0.2) is 0 Å². The molecule has 6 heteroatoms. The highest BCUT2D eigenvalue weighted by Gasteiger charge is 2.19. The number of halogens is 2. The minimum atomic E-state index is -0.157. The Bertz CT molecular complexity index is 441. The zero-order valence-corrected chi connectivity index (χ0v) is 13.6. The van der Waals surface area contributed by atoms with Gasteiger partial charge in [-0.1, -0.05) is 24.6 Å². The van der Waals surface area contributed by atoms with Crippen LogP contribution in [0.4, 0.5) is 4.39 Å². The molecule has 21 heavy (non-hydrogen) atoms. The molecule has 0 saturated carbocycles. The molecule has 0 aromatic heterocycles. The maximum Gasteiger partial charge on any atom is 0.237 e. The van der Waals surface area contributed by atoms with E-state index in [1.807, 2.05) is 6.07 Å². The van der Waals surface area contributed by atoms with Crippen LogP contribution in [0.1, 0.15) is 24.8 Å². The smallest absolute Gasteiger partial charge is 0.237 e. The Morgan fingerprint density at radius 3 is 2.90 bits per heavy atom. The van der Waals surface area contributed by atoms with Gasteiger partial charge in [-0.3, -0.25) is 4.79 Å². The number of nitrogens with one attached hydrogen (secondary N) is 2. The first kappa shape index (κ1) is 18.3. The monoisotopic (exact) mass is 332 g/mol. The molecule has 1 amide bonds. The molecule has 1 aromatic rings. The number of amides is 1. The van der Waals surface area contributed by atoms with Gasteiger partial charge < -0.3 is 10.6 Å². The van der Waals surface area contributed by atoms with E-state index in [2.05, 4.69) is 10.6 Å². The molecule has 2 rings (SSSR count). The Morgan fingerprint density at radius 2 is 2.19 bits per heavy atom. The van der Waals surface area contributed by atoms with E-state index < -0.39 is 0 Å². The number of thioether (sulfide) groups is 1. The fourth-order valence-electron chi connectivity index (χ4n) is 2.24.